The highest BCUT2D eigenvalue weighted by molar-refractivity contribution is 14.0. The van der Waals surface area contributed by atoms with Crippen LogP contribution >= 0.6 is 35.3 Å². The fourth-order valence-corrected chi connectivity index (χ4v) is 3.23. The molecule has 1 aromatic heterocycles. The van der Waals surface area contributed by atoms with Crippen LogP contribution in [-0.4, -0.2) is 67.6 Å². The number of aromatic nitrogens is 1. The smallest absolute Gasteiger partial charge is 0.194 e. The number of rotatable bonds is 11. The van der Waals surface area contributed by atoms with Gasteiger partial charge in [-0.15, -0.1) is 35.3 Å². The van der Waals surface area contributed by atoms with Crippen LogP contribution in [0.5, 0.6) is 0 Å². The van der Waals surface area contributed by atoms with E-state index in [1.165, 1.54) is 6.42 Å². The van der Waals surface area contributed by atoms with Crippen LogP contribution in [0, 0.1) is 0 Å². The maximum Gasteiger partial charge on any atom is 0.194 e. The number of ether oxygens (including phenoxy) is 1. The molecule has 1 heterocycles. The zero-order valence-electron chi connectivity index (χ0n) is 18.0. The number of nitrogens with one attached hydrogen (secondary N) is 1. The molecule has 0 saturated carbocycles. The van der Waals surface area contributed by atoms with E-state index in [4.69, 9.17) is 9.73 Å². The molecule has 0 fully saturated rings. The minimum absolute atomic E-state index is 0. The fraction of sp³-hybridized carbons (Fsp3) is 0.789. The minimum atomic E-state index is 0. The third kappa shape index (κ3) is 10.0. The number of guanidine groups is 1. The van der Waals surface area contributed by atoms with Gasteiger partial charge in [-0.3, -0.25) is 4.99 Å². The van der Waals surface area contributed by atoms with Gasteiger partial charge in [-0.2, -0.15) is 0 Å². The molecule has 0 aliphatic carbocycles. The molecular weight excluding hydrogens is 473 g/mol. The highest BCUT2D eigenvalue weighted by atomic mass is 127. The molecule has 0 spiro atoms. The Morgan fingerprint density at radius 2 is 2.00 bits per heavy atom. The van der Waals surface area contributed by atoms with Crippen molar-refractivity contribution in [3.63, 3.8) is 0 Å². The first-order valence-electron chi connectivity index (χ1n) is 9.55. The van der Waals surface area contributed by atoms with E-state index < -0.39 is 0 Å². The fourth-order valence-electron chi connectivity index (χ4n) is 2.39. The number of thiazole rings is 1. The third-order valence-corrected chi connectivity index (χ3v) is 5.48. The molecule has 0 aliphatic rings. The summed E-state index contributed by atoms with van der Waals surface area (Å²) in [5.41, 5.74) is 1.06. The van der Waals surface area contributed by atoms with Gasteiger partial charge < -0.3 is 19.9 Å². The molecule has 0 radical (unpaired) electrons. The number of methoxy groups -OCH3 is 1. The van der Waals surface area contributed by atoms with Crippen LogP contribution in [-0.2, 0) is 11.3 Å². The van der Waals surface area contributed by atoms with Crippen LogP contribution in [0.1, 0.15) is 57.3 Å². The van der Waals surface area contributed by atoms with Crippen molar-refractivity contribution in [2.45, 2.75) is 59.2 Å². The van der Waals surface area contributed by atoms with Gasteiger partial charge in [0.1, 0.15) is 11.1 Å². The van der Waals surface area contributed by atoms with Gasteiger partial charge >= 0.3 is 0 Å². The molecule has 0 aliphatic heterocycles. The van der Waals surface area contributed by atoms with Crippen molar-refractivity contribution in [1.29, 1.82) is 0 Å². The molecule has 1 rings (SSSR count). The standard InChI is InChI=1S/C19H37N5OS.HI/c1-8-20-19(21-11-9-10-12-23(5)15(2)3)24(6)13-17-14-26-18(22-17)16(4)25-7;/h14-16H,8-13H2,1-7H3,(H,20,21);1H. The Labute approximate surface area is 186 Å². The summed E-state index contributed by atoms with van der Waals surface area (Å²) in [7, 11) is 5.96. The Balaban J connectivity index is 0.00000676. The second-order valence-corrected chi connectivity index (χ2v) is 7.82. The van der Waals surface area contributed by atoms with E-state index >= 15 is 0 Å². The van der Waals surface area contributed by atoms with Gasteiger partial charge in [-0.05, 0) is 54.1 Å². The monoisotopic (exact) mass is 511 g/mol. The van der Waals surface area contributed by atoms with Gasteiger partial charge in [0.2, 0.25) is 0 Å². The van der Waals surface area contributed by atoms with Crippen molar-refractivity contribution in [2.24, 2.45) is 4.99 Å². The Hall–Kier alpha value is -0.450. The van der Waals surface area contributed by atoms with Crippen molar-refractivity contribution in [2.75, 3.05) is 40.8 Å². The van der Waals surface area contributed by atoms with Gasteiger partial charge in [0.05, 0.1) is 12.2 Å². The predicted octanol–water partition coefficient (Wildman–Crippen LogP) is 3.99. The summed E-state index contributed by atoms with van der Waals surface area (Å²) in [6.45, 7) is 12.2. The average Bonchev–Trinajstić information content (AvgIpc) is 3.07. The van der Waals surface area contributed by atoms with Gasteiger partial charge in [0.15, 0.2) is 5.96 Å². The maximum absolute atomic E-state index is 5.34. The lowest BCUT2D eigenvalue weighted by molar-refractivity contribution is 0.119. The highest BCUT2D eigenvalue weighted by Gasteiger charge is 2.12. The Kier molecular flexibility index (Phi) is 14.3. The number of halogens is 1. The van der Waals surface area contributed by atoms with Gasteiger partial charge in [0, 0.05) is 38.7 Å². The van der Waals surface area contributed by atoms with Crippen LogP contribution < -0.4 is 5.32 Å². The number of hydrogen-bond acceptors (Lipinski definition) is 5. The topological polar surface area (TPSA) is 53.0 Å². The lowest BCUT2D eigenvalue weighted by Crippen LogP contribution is -2.38. The van der Waals surface area contributed by atoms with Crippen molar-refractivity contribution in [1.82, 2.24) is 20.1 Å². The molecule has 1 atom stereocenters. The Morgan fingerprint density at radius 1 is 1.30 bits per heavy atom. The molecule has 0 aromatic carbocycles. The van der Waals surface area contributed by atoms with Crippen LogP contribution in [0.2, 0.25) is 0 Å². The number of aliphatic imine (C=N–C) groups is 1. The normalized spacial score (nSPS) is 13.0. The summed E-state index contributed by atoms with van der Waals surface area (Å²) < 4.78 is 5.34. The molecule has 1 unspecified atom stereocenters. The van der Waals surface area contributed by atoms with Crippen LogP contribution in [0.25, 0.3) is 0 Å². The Morgan fingerprint density at radius 3 is 2.59 bits per heavy atom. The molecule has 0 bridgehead atoms. The lowest BCUT2D eigenvalue weighted by Gasteiger charge is -2.22. The van der Waals surface area contributed by atoms with E-state index in [1.807, 2.05) is 6.92 Å². The summed E-state index contributed by atoms with van der Waals surface area (Å²) in [5, 5.41) is 6.50. The molecule has 1 N–H and O–H groups in total. The van der Waals surface area contributed by atoms with E-state index in [0.29, 0.717) is 6.04 Å². The third-order valence-electron chi connectivity index (χ3n) is 4.43. The van der Waals surface area contributed by atoms with Crippen molar-refractivity contribution in [3.05, 3.63) is 16.1 Å². The average molecular weight is 512 g/mol. The zero-order chi connectivity index (χ0) is 19.5. The number of nitrogens with zero attached hydrogens (tertiary/aromatic N) is 4. The second-order valence-electron chi connectivity index (χ2n) is 6.93. The minimum Gasteiger partial charge on any atom is -0.375 e. The van der Waals surface area contributed by atoms with Gasteiger partial charge in [0.25, 0.3) is 0 Å². The lowest BCUT2D eigenvalue weighted by atomic mass is 10.2. The second kappa shape index (κ2) is 14.5. The van der Waals surface area contributed by atoms with Crippen LogP contribution in [0.3, 0.4) is 0 Å². The SMILES string of the molecule is CCNC(=NCCCCN(C)C(C)C)N(C)Cc1csc(C(C)OC)n1.I. The van der Waals surface area contributed by atoms with Crippen molar-refractivity contribution >= 4 is 41.3 Å². The Bertz CT molecular complexity index is 538. The first-order valence-corrected chi connectivity index (χ1v) is 10.4. The largest absolute Gasteiger partial charge is 0.375 e. The molecule has 6 nitrogen and oxygen atoms in total. The van der Waals surface area contributed by atoms with Crippen molar-refractivity contribution < 1.29 is 4.74 Å². The van der Waals surface area contributed by atoms with Crippen molar-refractivity contribution in [3.8, 4) is 0 Å². The predicted molar refractivity (Wildman–Crippen MR) is 127 cm³/mol. The zero-order valence-corrected chi connectivity index (χ0v) is 21.1. The summed E-state index contributed by atoms with van der Waals surface area (Å²) in [5.74, 6) is 0.944. The van der Waals surface area contributed by atoms with E-state index in [2.05, 4.69) is 60.3 Å². The van der Waals surface area contributed by atoms with E-state index in [0.717, 1.165) is 49.3 Å². The molecule has 1 aromatic rings. The molecule has 8 heteroatoms. The first-order chi connectivity index (χ1) is 12.4. The molecular formula is C19H38IN5OS. The summed E-state index contributed by atoms with van der Waals surface area (Å²) >= 11 is 1.65. The summed E-state index contributed by atoms with van der Waals surface area (Å²) in [6.07, 6.45) is 2.32. The number of unbranched alkanes of at least 4 members (excludes halogenated alkanes) is 1. The van der Waals surface area contributed by atoms with E-state index in [1.54, 1.807) is 18.4 Å². The van der Waals surface area contributed by atoms with Gasteiger partial charge in [-0.1, -0.05) is 0 Å². The molecule has 0 amide bonds. The first kappa shape index (κ1) is 26.6. The number of hydrogen-bond donors (Lipinski definition) is 1. The van der Waals surface area contributed by atoms with Gasteiger partial charge in [-0.25, -0.2) is 4.98 Å². The van der Waals surface area contributed by atoms with E-state index in [-0.39, 0.29) is 30.1 Å². The quantitative estimate of drug-likeness (QED) is 0.211. The summed E-state index contributed by atoms with van der Waals surface area (Å²) in [4.78, 5) is 14.0. The molecule has 27 heavy (non-hydrogen) atoms. The van der Waals surface area contributed by atoms with E-state index in [9.17, 15) is 0 Å². The van der Waals surface area contributed by atoms with Crippen LogP contribution in [0.15, 0.2) is 10.4 Å². The van der Waals surface area contributed by atoms with Crippen LogP contribution in [0.4, 0.5) is 0 Å². The maximum atomic E-state index is 5.34. The summed E-state index contributed by atoms with van der Waals surface area (Å²) in [6, 6.07) is 0.603. The molecule has 158 valence electrons. The highest BCUT2D eigenvalue weighted by Crippen LogP contribution is 2.20. The molecule has 0 saturated heterocycles.